The van der Waals surface area contributed by atoms with Crippen LogP contribution in [0.4, 0.5) is 18.9 Å². The van der Waals surface area contributed by atoms with Gasteiger partial charge in [-0.25, -0.2) is 4.99 Å². The minimum Gasteiger partial charge on any atom is -0.454 e. The van der Waals surface area contributed by atoms with E-state index >= 15 is 0 Å². The van der Waals surface area contributed by atoms with Crippen molar-refractivity contribution in [3.63, 3.8) is 0 Å². The lowest BCUT2D eigenvalue weighted by molar-refractivity contribution is -0.138. The number of benzene rings is 2. The summed E-state index contributed by atoms with van der Waals surface area (Å²) >= 11 is 0. The van der Waals surface area contributed by atoms with Crippen LogP contribution < -0.4 is 10.1 Å². The number of ether oxygens (including phenoxy) is 1. The summed E-state index contributed by atoms with van der Waals surface area (Å²) in [5.41, 5.74) is 0.424. The molecular weight excluding hydrogens is 343 g/mol. The molecule has 2 aromatic rings. The van der Waals surface area contributed by atoms with Crippen molar-refractivity contribution in [2.24, 2.45) is 4.99 Å². The summed E-state index contributed by atoms with van der Waals surface area (Å²) in [5.74, 6) is 1.60. The molecule has 0 atom stereocenters. The minimum atomic E-state index is -4.43. The maximum atomic E-state index is 13.3. The van der Waals surface area contributed by atoms with Crippen LogP contribution in [0, 0.1) is 6.92 Å². The van der Waals surface area contributed by atoms with Gasteiger partial charge >= 0.3 is 6.18 Å². The number of hydrogen-bond donors (Lipinski definition) is 1. The second kappa shape index (κ2) is 6.32. The standard InChI is InChI=1S/C19H18F3N3O/c1-12-14(19(20,21)22)6-7-16-17(12)24-18(25-10-8-23-9-11-25)13-4-2-3-5-15(13)26-16/h2-7,23H,8-11H2,1H3. The number of rotatable bonds is 0. The van der Waals surface area contributed by atoms with Crippen LogP contribution in [0.15, 0.2) is 41.4 Å². The monoisotopic (exact) mass is 361 g/mol. The van der Waals surface area contributed by atoms with Crippen LogP contribution in [0.1, 0.15) is 16.7 Å². The highest BCUT2D eigenvalue weighted by Gasteiger charge is 2.35. The first kappa shape index (κ1) is 16.9. The second-order valence-electron chi connectivity index (χ2n) is 6.35. The molecule has 0 radical (unpaired) electrons. The van der Waals surface area contributed by atoms with Crippen molar-refractivity contribution in [2.45, 2.75) is 13.1 Å². The molecule has 0 amide bonds. The van der Waals surface area contributed by atoms with E-state index in [4.69, 9.17) is 4.74 Å². The number of halogens is 3. The zero-order valence-electron chi connectivity index (χ0n) is 14.2. The maximum Gasteiger partial charge on any atom is 0.416 e. The average molecular weight is 361 g/mol. The van der Waals surface area contributed by atoms with Crippen LogP contribution >= 0.6 is 0 Å². The summed E-state index contributed by atoms with van der Waals surface area (Å²) in [6, 6.07) is 9.84. The summed E-state index contributed by atoms with van der Waals surface area (Å²) in [6.45, 7) is 4.52. The first-order chi connectivity index (χ1) is 12.4. The Morgan fingerprint density at radius 3 is 2.50 bits per heavy atom. The SMILES string of the molecule is Cc1c(C(F)(F)F)ccc2c1N=C(N1CCNCC1)c1ccccc1O2. The summed E-state index contributed by atoms with van der Waals surface area (Å²) in [7, 11) is 0. The summed E-state index contributed by atoms with van der Waals surface area (Å²) in [5, 5.41) is 3.28. The largest absolute Gasteiger partial charge is 0.454 e. The van der Waals surface area contributed by atoms with Crippen molar-refractivity contribution in [1.82, 2.24) is 10.2 Å². The number of para-hydroxylation sites is 1. The van der Waals surface area contributed by atoms with Gasteiger partial charge in [-0.3, -0.25) is 0 Å². The predicted molar refractivity (Wildman–Crippen MR) is 93.3 cm³/mol. The second-order valence-corrected chi connectivity index (χ2v) is 6.35. The van der Waals surface area contributed by atoms with E-state index in [0.29, 0.717) is 17.3 Å². The molecule has 0 unspecified atom stereocenters. The zero-order chi connectivity index (χ0) is 18.3. The molecule has 1 N–H and O–H groups in total. The van der Waals surface area contributed by atoms with Crippen LogP contribution in [0.3, 0.4) is 0 Å². The van der Waals surface area contributed by atoms with Crippen molar-refractivity contribution >= 4 is 11.5 Å². The number of nitrogens with one attached hydrogen (secondary N) is 1. The molecule has 7 heteroatoms. The number of piperazine rings is 1. The molecule has 1 saturated heterocycles. The highest BCUT2D eigenvalue weighted by molar-refractivity contribution is 6.04. The van der Waals surface area contributed by atoms with Crippen LogP contribution in [-0.4, -0.2) is 36.9 Å². The van der Waals surface area contributed by atoms with E-state index < -0.39 is 11.7 Å². The number of hydrogen-bond acceptors (Lipinski definition) is 4. The normalized spacial score (nSPS) is 16.9. The third-order valence-electron chi connectivity index (χ3n) is 4.68. The number of nitrogens with zero attached hydrogens (tertiary/aromatic N) is 2. The lowest BCUT2D eigenvalue weighted by Crippen LogP contribution is -2.46. The lowest BCUT2D eigenvalue weighted by atomic mass is 10.1. The van der Waals surface area contributed by atoms with Crippen molar-refractivity contribution < 1.29 is 17.9 Å². The van der Waals surface area contributed by atoms with E-state index in [2.05, 4.69) is 15.2 Å². The molecule has 4 nitrogen and oxygen atoms in total. The molecule has 0 saturated carbocycles. The Balaban J connectivity index is 1.92. The van der Waals surface area contributed by atoms with Gasteiger partial charge in [-0.05, 0) is 36.8 Å². The topological polar surface area (TPSA) is 36.9 Å². The number of alkyl halides is 3. The molecule has 136 valence electrons. The van der Waals surface area contributed by atoms with E-state index in [0.717, 1.165) is 37.8 Å². The Hall–Kier alpha value is -2.54. The highest BCUT2D eigenvalue weighted by atomic mass is 19.4. The molecule has 1 fully saturated rings. The van der Waals surface area contributed by atoms with E-state index in [1.165, 1.54) is 13.0 Å². The van der Waals surface area contributed by atoms with Gasteiger partial charge in [0.25, 0.3) is 0 Å². The molecule has 2 aromatic carbocycles. The number of amidine groups is 1. The van der Waals surface area contributed by atoms with Gasteiger partial charge in [-0.1, -0.05) is 12.1 Å². The summed E-state index contributed by atoms with van der Waals surface area (Å²) in [6.07, 6.45) is -4.43. The van der Waals surface area contributed by atoms with Gasteiger partial charge < -0.3 is 15.0 Å². The van der Waals surface area contributed by atoms with Crippen LogP contribution in [0.25, 0.3) is 0 Å². The Kier molecular flexibility index (Phi) is 4.11. The molecule has 2 aliphatic heterocycles. The number of fused-ring (bicyclic) bond motifs is 2. The van der Waals surface area contributed by atoms with Gasteiger partial charge in [0.15, 0.2) is 5.75 Å². The quantitative estimate of drug-likeness (QED) is 0.768. The first-order valence-corrected chi connectivity index (χ1v) is 8.47. The van der Waals surface area contributed by atoms with Gasteiger partial charge in [-0.15, -0.1) is 0 Å². The Morgan fingerprint density at radius 1 is 1.04 bits per heavy atom. The average Bonchev–Trinajstić information content (AvgIpc) is 2.79. The molecule has 0 bridgehead atoms. The van der Waals surface area contributed by atoms with E-state index in [1.807, 2.05) is 24.3 Å². The third kappa shape index (κ3) is 2.92. The van der Waals surface area contributed by atoms with E-state index in [-0.39, 0.29) is 11.3 Å². The van der Waals surface area contributed by atoms with Crippen molar-refractivity contribution in [1.29, 1.82) is 0 Å². The fraction of sp³-hybridized carbons (Fsp3) is 0.316. The maximum absolute atomic E-state index is 13.3. The van der Waals surface area contributed by atoms with E-state index in [9.17, 15) is 13.2 Å². The molecule has 0 aliphatic carbocycles. The van der Waals surface area contributed by atoms with Crippen molar-refractivity contribution in [3.05, 3.63) is 53.1 Å². The van der Waals surface area contributed by atoms with Crippen LogP contribution in [0.2, 0.25) is 0 Å². The fourth-order valence-corrected chi connectivity index (χ4v) is 3.35. The van der Waals surface area contributed by atoms with Gasteiger partial charge in [-0.2, -0.15) is 13.2 Å². The molecule has 2 aliphatic rings. The molecular formula is C19H18F3N3O. The molecule has 0 spiro atoms. The highest BCUT2D eigenvalue weighted by Crippen LogP contribution is 2.44. The summed E-state index contributed by atoms with van der Waals surface area (Å²) in [4.78, 5) is 6.76. The summed E-state index contributed by atoms with van der Waals surface area (Å²) < 4.78 is 45.9. The predicted octanol–water partition coefficient (Wildman–Crippen LogP) is 4.10. The van der Waals surface area contributed by atoms with Crippen molar-refractivity contribution in [3.8, 4) is 11.5 Å². The smallest absolute Gasteiger partial charge is 0.416 e. The van der Waals surface area contributed by atoms with Gasteiger partial charge in [0.1, 0.15) is 17.3 Å². The van der Waals surface area contributed by atoms with Gasteiger partial charge in [0.2, 0.25) is 0 Å². The zero-order valence-corrected chi connectivity index (χ0v) is 14.2. The molecule has 0 aromatic heterocycles. The third-order valence-corrected chi connectivity index (χ3v) is 4.68. The van der Waals surface area contributed by atoms with E-state index in [1.54, 1.807) is 0 Å². The first-order valence-electron chi connectivity index (χ1n) is 8.47. The van der Waals surface area contributed by atoms with Crippen LogP contribution in [0.5, 0.6) is 11.5 Å². The lowest BCUT2D eigenvalue weighted by Gasteiger charge is -2.30. The van der Waals surface area contributed by atoms with Gasteiger partial charge in [0.05, 0.1) is 11.1 Å². The van der Waals surface area contributed by atoms with Crippen molar-refractivity contribution in [2.75, 3.05) is 26.2 Å². The van der Waals surface area contributed by atoms with Crippen LogP contribution in [-0.2, 0) is 6.18 Å². The molecule has 4 rings (SSSR count). The number of aliphatic imine (C=N–C) groups is 1. The van der Waals surface area contributed by atoms with Gasteiger partial charge in [0, 0.05) is 26.2 Å². The Labute approximate surface area is 149 Å². The Morgan fingerprint density at radius 2 is 1.77 bits per heavy atom. The fourth-order valence-electron chi connectivity index (χ4n) is 3.35. The minimum absolute atomic E-state index is 0.0791. The molecule has 2 heterocycles. The molecule has 26 heavy (non-hydrogen) atoms. The Bertz CT molecular complexity index is 871.